The maximum Gasteiger partial charge on any atom is 0.118 e. The van der Waals surface area contributed by atoms with Crippen molar-refractivity contribution in [1.29, 1.82) is 0 Å². The summed E-state index contributed by atoms with van der Waals surface area (Å²) in [6.07, 6.45) is 1.26. The van der Waals surface area contributed by atoms with Crippen LogP contribution in [0.3, 0.4) is 0 Å². The first-order valence-electron chi connectivity index (χ1n) is 6.79. The van der Waals surface area contributed by atoms with E-state index in [0.29, 0.717) is 12.1 Å². The number of ether oxygens (including phenoxy) is 1. The molecule has 100 valence electrons. The van der Waals surface area contributed by atoms with Gasteiger partial charge in [0.1, 0.15) is 5.75 Å². The molecule has 0 amide bonds. The summed E-state index contributed by atoms with van der Waals surface area (Å²) in [4.78, 5) is 2.53. The fourth-order valence-corrected chi connectivity index (χ4v) is 2.43. The van der Waals surface area contributed by atoms with Gasteiger partial charge in [0.2, 0.25) is 0 Å². The summed E-state index contributed by atoms with van der Waals surface area (Å²) in [6.45, 7) is 7.88. The smallest absolute Gasteiger partial charge is 0.118 e. The van der Waals surface area contributed by atoms with Gasteiger partial charge in [-0.25, -0.2) is 0 Å². The first-order chi connectivity index (χ1) is 8.69. The summed E-state index contributed by atoms with van der Waals surface area (Å²) in [5.41, 5.74) is 1.32. The van der Waals surface area contributed by atoms with Crippen LogP contribution < -0.4 is 10.1 Å². The van der Waals surface area contributed by atoms with E-state index >= 15 is 0 Å². The van der Waals surface area contributed by atoms with Gasteiger partial charge in [0.05, 0.1) is 7.11 Å². The molecule has 1 aromatic carbocycles. The number of hydrogen-bond donors (Lipinski definition) is 1. The average molecular weight is 248 g/mol. The standard InChI is InChI=1S/C15H24N2O/c1-12(2)17-9-8-14(11-17)16-10-13-4-6-15(18-3)7-5-13/h4-7,12,14,16H,8-11H2,1-3H3. The minimum absolute atomic E-state index is 0.634. The minimum atomic E-state index is 0.634. The lowest BCUT2D eigenvalue weighted by Gasteiger charge is -2.20. The van der Waals surface area contributed by atoms with Gasteiger partial charge in [0, 0.05) is 25.2 Å². The van der Waals surface area contributed by atoms with Crippen molar-refractivity contribution in [3.63, 3.8) is 0 Å². The van der Waals surface area contributed by atoms with Crippen LogP contribution in [0.1, 0.15) is 25.8 Å². The van der Waals surface area contributed by atoms with Crippen LogP contribution in [0.4, 0.5) is 0 Å². The Morgan fingerprint density at radius 1 is 1.33 bits per heavy atom. The van der Waals surface area contributed by atoms with Crippen molar-refractivity contribution in [1.82, 2.24) is 10.2 Å². The van der Waals surface area contributed by atoms with Crippen LogP contribution in [0, 0.1) is 0 Å². The van der Waals surface area contributed by atoms with Gasteiger partial charge in [-0.2, -0.15) is 0 Å². The SMILES string of the molecule is COc1ccc(CNC2CCN(C(C)C)C2)cc1. The van der Waals surface area contributed by atoms with Gasteiger partial charge >= 0.3 is 0 Å². The second-order valence-electron chi connectivity index (χ2n) is 5.30. The van der Waals surface area contributed by atoms with Crippen molar-refractivity contribution >= 4 is 0 Å². The summed E-state index contributed by atoms with van der Waals surface area (Å²) < 4.78 is 5.16. The molecule has 0 saturated carbocycles. The van der Waals surface area contributed by atoms with E-state index in [0.717, 1.165) is 12.3 Å². The molecule has 1 heterocycles. The molecule has 3 nitrogen and oxygen atoms in total. The molecule has 1 aromatic rings. The Morgan fingerprint density at radius 3 is 2.61 bits per heavy atom. The topological polar surface area (TPSA) is 24.5 Å². The number of likely N-dealkylation sites (tertiary alicyclic amines) is 1. The normalized spacial score (nSPS) is 20.6. The predicted octanol–water partition coefficient (Wildman–Crippen LogP) is 2.27. The molecular formula is C15H24N2O. The molecule has 1 atom stereocenters. The van der Waals surface area contributed by atoms with Crippen molar-refractivity contribution in [2.75, 3.05) is 20.2 Å². The highest BCUT2D eigenvalue weighted by Crippen LogP contribution is 2.14. The van der Waals surface area contributed by atoms with Crippen LogP contribution in [0.25, 0.3) is 0 Å². The van der Waals surface area contributed by atoms with Gasteiger partial charge in [0.25, 0.3) is 0 Å². The molecule has 1 saturated heterocycles. The van der Waals surface area contributed by atoms with Gasteiger partial charge < -0.3 is 10.1 Å². The molecule has 0 aromatic heterocycles. The maximum atomic E-state index is 5.16. The zero-order valence-electron chi connectivity index (χ0n) is 11.6. The first-order valence-corrected chi connectivity index (χ1v) is 6.79. The molecule has 3 heteroatoms. The van der Waals surface area contributed by atoms with E-state index in [4.69, 9.17) is 4.74 Å². The fraction of sp³-hybridized carbons (Fsp3) is 0.600. The van der Waals surface area contributed by atoms with Crippen LogP contribution in [-0.2, 0) is 6.54 Å². The molecule has 0 spiro atoms. The van der Waals surface area contributed by atoms with E-state index in [-0.39, 0.29) is 0 Å². The van der Waals surface area contributed by atoms with E-state index in [1.807, 2.05) is 12.1 Å². The molecule has 1 aliphatic rings. The van der Waals surface area contributed by atoms with E-state index in [2.05, 4.69) is 36.2 Å². The lowest BCUT2D eigenvalue weighted by atomic mass is 10.2. The van der Waals surface area contributed by atoms with Crippen molar-refractivity contribution in [3.8, 4) is 5.75 Å². The third-order valence-corrected chi connectivity index (χ3v) is 3.70. The Bertz CT molecular complexity index is 361. The zero-order valence-corrected chi connectivity index (χ0v) is 11.6. The van der Waals surface area contributed by atoms with Crippen molar-refractivity contribution in [2.45, 2.75) is 38.9 Å². The summed E-state index contributed by atoms with van der Waals surface area (Å²) in [7, 11) is 1.70. The van der Waals surface area contributed by atoms with Crippen LogP contribution in [0.15, 0.2) is 24.3 Å². The summed E-state index contributed by atoms with van der Waals surface area (Å²) >= 11 is 0. The Kier molecular flexibility index (Phi) is 4.61. The molecule has 1 aliphatic heterocycles. The first kappa shape index (κ1) is 13.4. The van der Waals surface area contributed by atoms with Crippen molar-refractivity contribution in [3.05, 3.63) is 29.8 Å². The molecule has 18 heavy (non-hydrogen) atoms. The van der Waals surface area contributed by atoms with E-state index in [1.165, 1.54) is 25.1 Å². The number of rotatable bonds is 5. The lowest BCUT2D eigenvalue weighted by Crippen LogP contribution is -2.34. The second-order valence-corrected chi connectivity index (χ2v) is 5.30. The Balaban J connectivity index is 1.78. The van der Waals surface area contributed by atoms with Crippen LogP contribution >= 0.6 is 0 Å². The molecule has 1 N–H and O–H groups in total. The van der Waals surface area contributed by atoms with Gasteiger partial charge in [-0.3, -0.25) is 4.90 Å². The van der Waals surface area contributed by atoms with Gasteiger partial charge in [-0.1, -0.05) is 12.1 Å². The largest absolute Gasteiger partial charge is 0.497 e. The quantitative estimate of drug-likeness (QED) is 0.865. The highest BCUT2D eigenvalue weighted by atomic mass is 16.5. The third kappa shape index (κ3) is 3.47. The Morgan fingerprint density at radius 2 is 2.06 bits per heavy atom. The molecule has 0 radical (unpaired) electrons. The van der Waals surface area contributed by atoms with Crippen LogP contribution in [-0.4, -0.2) is 37.2 Å². The van der Waals surface area contributed by atoms with Crippen LogP contribution in [0.2, 0.25) is 0 Å². The number of benzene rings is 1. The van der Waals surface area contributed by atoms with Crippen molar-refractivity contribution in [2.24, 2.45) is 0 Å². The summed E-state index contributed by atoms with van der Waals surface area (Å²) in [5.74, 6) is 0.922. The zero-order chi connectivity index (χ0) is 13.0. The van der Waals surface area contributed by atoms with Gasteiger partial charge in [0.15, 0.2) is 0 Å². The molecular weight excluding hydrogens is 224 g/mol. The van der Waals surface area contributed by atoms with E-state index in [9.17, 15) is 0 Å². The molecule has 2 rings (SSSR count). The predicted molar refractivity (Wildman–Crippen MR) is 74.9 cm³/mol. The monoisotopic (exact) mass is 248 g/mol. The molecule has 0 aliphatic carbocycles. The van der Waals surface area contributed by atoms with Gasteiger partial charge in [-0.05, 0) is 44.5 Å². The minimum Gasteiger partial charge on any atom is -0.497 e. The number of nitrogens with zero attached hydrogens (tertiary/aromatic N) is 1. The molecule has 1 unspecified atom stereocenters. The Labute approximate surface area is 110 Å². The highest BCUT2D eigenvalue weighted by molar-refractivity contribution is 5.27. The third-order valence-electron chi connectivity index (χ3n) is 3.70. The number of hydrogen-bond acceptors (Lipinski definition) is 3. The highest BCUT2D eigenvalue weighted by Gasteiger charge is 2.23. The molecule has 1 fully saturated rings. The van der Waals surface area contributed by atoms with Crippen LogP contribution in [0.5, 0.6) is 5.75 Å². The number of methoxy groups -OCH3 is 1. The summed E-state index contributed by atoms with van der Waals surface area (Å²) in [5, 5.41) is 3.64. The fourth-order valence-electron chi connectivity index (χ4n) is 2.43. The van der Waals surface area contributed by atoms with Crippen molar-refractivity contribution < 1.29 is 4.74 Å². The number of nitrogens with one attached hydrogen (secondary N) is 1. The summed E-state index contributed by atoms with van der Waals surface area (Å²) in [6, 6.07) is 9.59. The lowest BCUT2D eigenvalue weighted by molar-refractivity contribution is 0.268. The van der Waals surface area contributed by atoms with Gasteiger partial charge in [-0.15, -0.1) is 0 Å². The average Bonchev–Trinajstić information content (AvgIpc) is 2.86. The van der Waals surface area contributed by atoms with E-state index in [1.54, 1.807) is 7.11 Å². The molecule has 0 bridgehead atoms. The second kappa shape index (κ2) is 6.21. The Hall–Kier alpha value is -1.06. The maximum absolute atomic E-state index is 5.16. The van der Waals surface area contributed by atoms with E-state index < -0.39 is 0 Å².